The van der Waals surface area contributed by atoms with Crippen molar-refractivity contribution in [1.29, 1.82) is 0 Å². The van der Waals surface area contributed by atoms with E-state index >= 15 is 0 Å². The number of aliphatic hydroxyl groups excluding tert-OH is 1. The van der Waals surface area contributed by atoms with Crippen LogP contribution in [-0.2, 0) is 4.79 Å². The maximum absolute atomic E-state index is 11.5. The van der Waals surface area contributed by atoms with Crippen LogP contribution in [0.5, 0.6) is 0 Å². The Hall–Kier alpha value is -1.59. The van der Waals surface area contributed by atoms with Crippen LogP contribution in [0, 0.1) is 0 Å². The minimum Gasteiger partial charge on any atom is -0.396 e. The average molecular weight is 271 g/mol. The van der Waals surface area contributed by atoms with Crippen LogP contribution in [0.25, 0.3) is 0 Å². The molecule has 0 unspecified atom stereocenters. The summed E-state index contributed by atoms with van der Waals surface area (Å²) >= 11 is 5.88. The van der Waals surface area contributed by atoms with Gasteiger partial charge >= 0.3 is 0 Å². The van der Waals surface area contributed by atoms with Crippen molar-refractivity contribution in [2.24, 2.45) is 0 Å². The first-order valence-electron chi connectivity index (χ1n) is 5.51. The van der Waals surface area contributed by atoms with Crippen molar-refractivity contribution in [3.05, 3.63) is 28.8 Å². The summed E-state index contributed by atoms with van der Waals surface area (Å²) in [7, 11) is 1.51. The van der Waals surface area contributed by atoms with E-state index in [4.69, 9.17) is 16.7 Å². The summed E-state index contributed by atoms with van der Waals surface area (Å²) in [5, 5.41) is 14.0. The molecule has 6 heteroatoms. The standard InChI is InChI=1S/C12H15ClN2O3/c1-14-12(18)9-7-8(4-5-10(9)13)15-11(17)3-2-6-16/h4-5,7,16H,2-3,6H2,1H3,(H,14,18)(H,15,17). The van der Waals surface area contributed by atoms with Crippen LogP contribution in [0.3, 0.4) is 0 Å². The summed E-state index contributed by atoms with van der Waals surface area (Å²) in [5.74, 6) is -0.527. The fourth-order valence-corrected chi connectivity index (χ4v) is 1.58. The predicted molar refractivity (Wildman–Crippen MR) is 69.8 cm³/mol. The highest BCUT2D eigenvalue weighted by Crippen LogP contribution is 2.20. The Morgan fingerprint density at radius 2 is 2.11 bits per heavy atom. The lowest BCUT2D eigenvalue weighted by molar-refractivity contribution is -0.116. The molecule has 0 spiro atoms. The van der Waals surface area contributed by atoms with Crippen molar-refractivity contribution in [2.45, 2.75) is 12.8 Å². The van der Waals surface area contributed by atoms with Gasteiger partial charge in [-0.1, -0.05) is 11.6 Å². The number of aliphatic hydroxyl groups is 1. The van der Waals surface area contributed by atoms with E-state index in [1.807, 2.05) is 0 Å². The highest BCUT2D eigenvalue weighted by atomic mass is 35.5. The van der Waals surface area contributed by atoms with Gasteiger partial charge in [0.25, 0.3) is 5.91 Å². The number of hydrogen-bond acceptors (Lipinski definition) is 3. The molecular formula is C12H15ClN2O3. The van der Waals surface area contributed by atoms with E-state index in [2.05, 4.69) is 10.6 Å². The van der Waals surface area contributed by atoms with Gasteiger partial charge in [-0.2, -0.15) is 0 Å². The maximum Gasteiger partial charge on any atom is 0.252 e. The summed E-state index contributed by atoms with van der Waals surface area (Å²) in [5.41, 5.74) is 0.806. The summed E-state index contributed by atoms with van der Waals surface area (Å²) < 4.78 is 0. The Labute approximate surface area is 110 Å². The normalized spacial score (nSPS) is 9.94. The fourth-order valence-electron chi connectivity index (χ4n) is 1.37. The first kappa shape index (κ1) is 14.5. The summed E-state index contributed by atoms with van der Waals surface area (Å²) in [6, 6.07) is 4.68. The van der Waals surface area contributed by atoms with E-state index in [1.165, 1.54) is 13.1 Å². The van der Waals surface area contributed by atoms with E-state index in [0.717, 1.165) is 0 Å². The van der Waals surface area contributed by atoms with Gasteiger partial charge < -0.3 is 15.7 Å². The van der Waals surface area contributed by atoms with E-state index in [-0.39, 0.29) is 24.8 Å². The van der Waals surface area contributed by atoms with Gasteiger partial charge in [0.05, 0.1) is 10.6 Å². The zero-order valence-electron chi connectivity index (χ0n) is 10.00. The molecule has 0 atom stereocenters. The molecule has 0 fully saturated rings. The average Bonchev–Trinajstić information content (AvgIpc) is 2.37. The molecule has 0 aliphatic rings. The molecule has 0 bridgehead atoms. The third kappa shape index (κ3) is 4.01. The SMILES string of the molecule is CNC(=O)c1cc(NC(=O)CCCO)ccc1Cl. The molecule has 1 aromatic carbocycles. The van der Waals surface area contributed by atoms with Crippen molar-refractivity contribution in [3.8, 4) is 0 Å². The lowest BCUT2D eigenvalue weighted by Gasteiger charge is -2.08. The molecule has 0 aromatic heterocycles. The van der Waals surface area contributed by atoms with Crippen molar-refractivity contribution < 1.29 is 14.7 Å². The third-order valence-electron chi connectivity index (χ3n) is 2.28. The van der Waals surface area contributed by atoms with Gasteiger partial charge in [0, 0.05) is 25.8 Å². The lowest BCUT2D eigenvalue weighted by atomic mass is 10.2. The van der Waals surface area contributed by atoms with E-state index in [0.29, 0.717) is 22.7 Å². The number of carbonyl (C=O) groups is 2. The largest absolute Gasteiger partial charge is 0.396 e. The van der Waals surface area contributed by atoms with Gasteiger partial charge in [0.15, 0.2) is 0 Å². The molecule has 0 saturated heterocycles. The number of halogens is 1. The van der Waals surface area contributed by atoms with Gasteiger partial charge in [-0.3, -0.25) is 9.59 Å². The molecule has 18 heavy (non-hydrogen) atoms. The number of amides is 2. The van der Waals surface area contributed by atoms with Gasteiger partial charge in [-0.05, 0) is 24.6 Å². The van der Waals surface area contributed by atoms with Crippen LogP contribution in [0.15, 0.2) is 18.2 Å². The van der Waals surface area contributed by atoms with Gasteiger partial charge in [0.1, 0.15) is 0 Å². The van der Waals surface area contributed by atoms with Gasteiger partial charge in [-0.25, -0.2) is 0 Å². The van der Waals surface area contributed by atoms with Crippen molar-refractivity contribution in [3.63, 3.8) is 0 Å². The highest BCUT2D eigenvalue weighted by Gasteiger charge is 2.10. The molecule has 5 nitrogen and oxygen atoms in total. The second kappa shape index (κ2) is 6.98. The Morgan fingerprint density at radius 1 is 1.39 bits per heavy atom. The first-order chi connectivity index (χ1) is 8.58. The second-order valence-corrected chi connectivity index (χ2v) is 4.06. The van der Waals surface area contributed by atoms with Gasteiger partial charge in [0.2, 0.25) is 5.91 Å². The quantitative estimate of drug-likeness (QED) is 0.757. The van der Waals surface area contributed by atoms with Crippen LogP contribution in [0.2, 0.25) is 5.02 Å². The van der Waals surface area contributed by atoms with Crippen LogP contribution in [-0.4, -0.2) is 30.6 Å². The number of nitrogens with one attached hydrogen (secondary N) is 2. The molecule has 0 heterocycles. The van der Waals surface area contributed by atoms with Crippen molar-refractivity contribution >= 4 is 29.1 Å². The van der Waals surface area contributed by atoms with E-state index in [1.54, 1.807) is 12.1 Å². The molecule has 98 valence electrons. The zero-order chi connectivity index (χ0) is 13.5. The monoisotopic (exact) mass is 270 g/mol. The van der Waals surface area contributed by atoms with Crippen molar-refractivity contribution in [2.75, 3.05) is 19.0 Å². The molecule has 0 radical (unpaired) electrons. The molecule has 1 rings (SSSR count). The number of anilines is 1. The Balaban J connectivity index is 2.79. The predicted octanol–water partition coefficient (Wildman–Crippen LogP) is 1.41. The number of hydrogen-bond donors (Lipinski definition) is 3. The van der Waals surface area contributed by atoms with Gasteiger partial charge in [-0.15, -0.1) is 0 Å². The minimum atomic E-state index is -0.313. The van der Waals surface area contributed by atoms with Crippen LogP contribution >= 0.6 is 11.6 Å². The smallest absolute Gasteiger partial charge is 0.252 e. The zero-order valence-corrected chi connectivity index (χ0v) is 10.8. The van der Waals surface area contributed by atoms with E-state index < -0.39 is 0 Å². The van der Waals surface area contributed by atoms with E-state index in [9.17, 15) is 9.59 Å². The molecule has 1 aromatic rings. The molecule has 3 N–H and O–H groups in total. The number of benzene rings is 1. The molecule has 0 saturated carbocycles. The third-order valence-corrected chi connectivity index (χ3v) is 2.61. The number of carbonyl (C=O) groups excluding carboxylic acids is 2. The second-order valence-electron chi connectivity index (χ2n) is 3.65. The summed E-state index contributed by atoms with van der Waals surface area (Å²) in [4.78, 5) is 23.0. The maximum atomic E-state index is 11.5. The Morgan fingerprint density at radius 3 is 2.72 bits per heavy atom. The fraction of sp³-hybridized carbons (Fsp3) is 0.333. The first-order valence-corrected chi connectivity index (χ1v) is 5.88. The van der Waals surface area contributed by atoms with Crippen LogP contribution < -0.4 is 10.6 Å². The minimum absolute atomic E-state index is 0.0302. The molecular weight excluding hydrogens is 256 g/mol. The van der Waals surface area contributed by atoms with Crippen LogP contribution in [0.4, 0.5) is 5.69 Å². The topological polar surface area (TPSA) is 78.4 Å². The highest BCUT2D eigenvalue weighted by molar-refractivity contribution is 6.34. The summed E-state index contributed by atoms with van der Waals surface area (Å²) in [6.45, 7) is -0.0302. The number of rotatable bonds is 5. The molecule has 0 aliphatic carbocycles. The lowest BCUT2D eigenvalue weighted by Crippen LogP contribution is -2.19. The van der Waals surface area contributed by atoms with Crippen LogP contribution in [0.1, 0.15) is 23.2 Å². The Kier molecular flexibility index (Phi) is 5.61. The molecule has 0 aliphatic heterocycles. The molecule has 2 amide bonds. The summed E-state index contributed by atoms with van der Waals surface area (Å²) in [6.07, 6.45) is 0.635. The Bertz CT molecular complexity index is 449. The van der Waals surface area contributed by atoms with Crippen molar-refractivity contribution in [1.82, 2.24) is 5.32 Å².